The number of phenolic OH excluding ortho intramolecular Hbond substituents is 1. The number of ketones is 1. The molecule has 1 N–H and O–H groups in total. The summed E-state index contributed by atoms with van der Waals surface area (Å²) in [6.45, 7) is 4.26. The molecule has 0 unspecified atom stereocenters. The van der Waals surface area contributed by atoms with Crippen molar-refractivity contribution >= 4 is 11.5 Å². The van der Waals surface area contributed by atoms with Gasteiger partial charge in [-0.3, -0.25) is 9.69 Å². The van der Waals surface area contributed by atoms with Crippen LogP contribution >= 0.6 is 0 Å². The fraction of sp³-hybridized carbons (Fsp3) is 0.316. The van der Waals surface area contributed by atoms with E-state index in [-0.39, 0.29) is 17.3 Å². The minimum Gasteiger partial charge on any atom is -0.508 e. The third-order valence-corrected chi connectivity index (χ3v) is 4.41. The zero-order chi connectivity index (χ0) is 16.9. The molecular weight excluding hydrogens is 307 g/mol. The number of rotatable bonds is 5. The van der Waals surface area contributed by atoms with Crippen molar-refractivity contribution in [2.45, 2.75) is 6.42 Å². The largest absolute Gasteiger partial charge is 0.508 e. The normalized spacial score (nSPS) is 15.5. The standard InChI is InChI=1S/C19H21FN2O2/c20-16-3-5-17(6-4-16)22-13-11-21(12-14-22)10-9-19(24)15-1-7-18(23)8-2-15/h1-8,23H,9-14H2. The molecule has 1 heterocycles. The quantitative estimate of drug-likeness (QED) is 0.857. The van der Waals surface area contributed by atoms with E-state index in [9.17, 15) is 14.3 Å². The highest BCUT2D eigenvalue weighted by Crippen LogP contribution is 2.17. The molecule has 0 spiro atoms. The van der Waals surface area contributed by atoms with E-state index >= 15 is 0 Å². The number of carbonyl (C=O) groups is 1. The number of piperazine rings is 1. The summed E-state index contributed by atoms with van der Waals surface area (Å²) in [6, 6.07) is 13.0. The van der Waals surface area contributed by atoms with Crippen molar-refractivity contribution in [3.05, 3.63) is 59.9 Å². The van der Waals surface area contributed by atoms with Crippen LogP contribution in [0.25, 0.3) is 0 Å². The van der Waals surface area contributed by atoms with E-state index < -0.39 is 0 Å². The van der Waals surface area contributed by atoms with Crippen LogP contribution < -0.4 is 4.90 Å². The number of phenols is 1. The van der Waals surface area contributed by atoms with E-state index in [0.29, 0.717) is 12.0 Å². The van der Waals surface area contributed by atoms with Gasteiger partial charge in [0.2, 0.25) is 0 Å². The number of benzene rings is 2. The van der Waals surface area contributed by atoms with Gasteiger partial charge in [-0.2, -0.15) is 0 Å². The zero-order valence-electron chi connectivity index (χ0n) is 13.5. The van der Waals surface area contributed by atoms with Crippen LogP contribution in [-0.4, -0.2) is 48.5 Å². The molecule has 0 bridgehead atoms. The van der Waals surface area contributed by atoms with Crippen molar-refractivity contribution < 1.29 is 14.3 Å². The molecule has 0 saturated carbocycles. The zero-order valence-corrected chi connectivity index (χ0v) is 13.5. The van der Waals surface area contributed by atoms with Crippen LogP contribution in [0.15, 0.2) is 48.5 Å². The molecule has 2 aromatic rings. The second-order valence-corrected chi connectivity index (χ2v) is 6.03. The van der Waals surface area contributed by atoms with Crippen molar-refractivity contribution in [3.63, 3.8) is 0 Å². The molecule has 0 aliphatic carbocycles. The van der Waals surface area contributed by atoms with Gasteiger partial charge in [0.05, 0.1) is 0 Å². The average molecular weight is 328 g/mol. The van der Waals surface area contributed by atoms with Gasteiger partial charge in [-0.15, -0.1) is 0 Å². The van der Waals surface area contributed by atoms with Crippen molar-refractivity contribution in [2.75, 3.05) is 37.6 Å². The second kappa shape index (κ2) is 7.45. The third-order valence-electron chi connectivity index (χ3n) is 4.41. The Labute approximate surface area is 141 Å². The predicted molar refractivity (Wildman–Crippen MR) is 92.1 cm³/mol. The first-order chi connectivity index (χ1) is 11.6. The Hall–Kier alpha value is -2.40. The monoisotopic (exact) mass is 328 g/mol. The molecule has 1 fully saturated rings. The predicted octanol–water partition coefficient (Wildman–Crippen LogP) is 2.93. The van der Waals surface area contributed by atoms with Crippen LogP contribution in [0, 0.1) is 5.82 Å². The molecule has 0 amide bonds. The average Bonchev–Trinajstić information content (AvgIpc) is 2.61. The number of anilines is 1. The first-order valence-corrected chi connectivity index (χ1v) is 8.17. The van der Waals surface area contributed by atoms with E-state index in [4.69, 9.17) is 0 Å². The summed E-state index contributed by atoms with van der Waals surface area (Å²) in [5, 5.41) is 9.26. The first kappa shape index (κ1) is 16.5. The Balaban J connectivity index is 1.46. The van der Waals surface area contributed by atoms with Gasteiger partial charge in [-0.1, -0.05) is 0 Å². The number of hydrogen-bond donors (Lipinski definition) is 1. The molecule has 1 aliphatic rings. The second-order valence-electron chi connectivity index (χ2n) is 6.03. The molecule has 0 atom stereocenters. The van der Waals surface area contributed by atoms with Crippen LogP contribution in [-0.2, 0) is 0 Å². The van der Waals surface area contributed by atoms with Crippen molar-refractivity contribution in [2.24, 2.45) is 0 Å². The lowest BCUT2D eigenvalue weighted by molar-refractivity contribution is 0.0962. The van der Waals surface area contributed by atoms with Gasteiger partial charge in [0.1, 0.15) is 11.6 Å². The molecule has 5 heteroatoms. The summed E-state index contributed by atoms with van der Waals surface area (Å²) in [4.78, 5) is 16.7. The summed E-state index contributed by atoms with van der Waals surface area (Å²) in [5.41, 5.74) is 1.67. The number of nitrogens with zero attached hydrogens (tertiary/aromatic N) is 2. The molecule has 126 valence electrons. The molecule has 3 rings (SSSR count). The van der Waals surface area contributed by atoms with Crippen LogP contribution in [0.5, 0.6) is 5.75 Å². The number of carbonyl (C=O) groups excluding carboxylic acids is 1. The van der Waals surface area contributed by atoms with Gasteiger partial charge in [0, 0.05) is 50.4 Å². The maximum atomic E-state index is 13.0. The van der Waals surface area contributed by atoms with E-state index in [1.807, 2.05) is 0 Å². The lowest BCUT2D eigenvalue weighted by Gasteiger charge is -2.36. The van der Waals surface area contributed by atoms with Gasteiger partial charge in [-0.25, -0.2) is 4.39 Å². The summed E-state index contributed by atoms with van der Waals surface area (Å²) < 4.78 is 13.0. The topological polar surface area (TPSA) is 43.8 Å². The van der Waals surface area contributed by atoms with E-state index in [1.165, 1.54) is 24.3 Å². The van der Waals surface area contributed by atoms with Crippen molar-refractivity contribution in [1.29, 1.82) is 0 Å². The van der Waals surface area contributed by atoms with Gasteiger partial charge >= 0.3 is 0 Å². The maximum Gasteiger partial charge on any atom is 0.164 e. The molecule has 24 heavy (non-hydrogen) atoms. The van der Waals surface area contributed by atoms with Gasteiger partial charge in [-0.05, 0) is 48.5 Å². The molecule has 1 saturated heterocycles. The Morgan fingerprint density at radius 3 is 2.21 bits per heavy atom. The Kier molecular flexibility index (Phi) is 5.11. The molecule has 0 aromatic heterocycles. The highest BCUT2D eigenvalue weighted by Gasteiger charge is 2.18. The van der Waals surface area contributed by atoms with Crippen molar-refractivity contribution in [1.82, 2.24) is 4.90 Å². The van der Waals surface area contributed by atoms with Crippen molar-refractivity contribution in [3.8, 4) is 5.75 Å². The van der Waals surface area contributed by atoms with Gasteiger partial charge in [0.25, 0.3) is 0 Å². The van der Waals surface area contributed by atoms with E-state index in [1.54, 1.807) is 24.3 Å². The third kappa shape index (κ3) is 4.11. The lowest BCUT2D eigenvalue weighted by atomic mass is 10.1. The molecule has 4 nitrogen and oxygen atoms in total. The Bertz CT molecular complexity index is 678. The summed E-state index contributed by atoms with van der Waals surface area (Å²) in [7, 11) is 0. The first-order valence-electron chi connectivity index (χ1n) is 8.17. The fourth-order valence-corrected chi connectivity index (χ4v) is 2.93. The molecule has 1 aliphatic heterocycles. The smallest absolute Gasteiger partial charge is 0.164 e. The minimum absolute atomic E-state index is 0.0935. The number of halogens is 1. The SMILES string of the molecule is O=C(CCN1CCN(c2ccc(F)cc2)CC1)c1ccc(O)cc1. The molecule has 2 aromatic carbocycles. The molecule has 0 radical (unpaired) electrons. The Morgan fingerprint density at radius 1 is 0.958 bits per heavy atom. The number of aromatic hydroxyl groups is 1. The summed E-state index contributed by atoms with van der Waals surface area (Å²) in [5.74, 6) is 0.0459. The van der Waals surface area contributed by atoms with Gasteiger partial charge < -0.3 is 10.0 Å². The Morgan fingerprint density at radius 2 is 1.58 bits per heavy atom. The summed E-state index contributed by atoms with van der Waals surface area (Å²) in [6.07, 6.45) is 0.474. The van der Waals surface area contributed by atoms with Crippen LogP contribution in [0.4, 0.5) is 10.1 Å². The van der Waals surface area contributed by atoms with E-state index in [0.717, 1.165) is 38.4 Å². The van der Waals surface area contributed by atoms with Crippen LogP contribution in [0.1, 0.15) is 16.8 Å². The van der Waals surface area contributed by atoms with Gasteiger partial charge in [0.15, 0.2) is 5.78 Å². The van der Waals surface area contributed by atoms with Crippen LogP contribution in [0.2, 0.25) is 0 Å². The highest BCUT2D eigenvalue weighted by molar-refractivity contribution is 5.96. The highest BCUT2D eigenvalue weighted by atomic mass is 19.1. The lowest BCUT2D eigenvalue weighted by Crippen LogP contribution is -2.46. The molecular formula is C19H21FN2O2. The number of hydrogen-bond acceptors (Lipinski definition) is 4. The summed E-state index contributed by atoms with van der Waals surface area (Å²) >= 11 is 0. The van der Waals surface area contributed by atoms with E-state index in [2.05, 4.69) is 9.80 Å². The van der Waals surface area contributed by atoms with Crippen LogP contribution in [0.3, 0.4) is 0 Å². The maximum absolute atomic E-state index is 13.0. The number of Topliss-reactive ketones (excluding diaryl/α,β-unsaturated/α-hetero) is 1. The fourth-order valence-electron chi connectivity index (χ4n) is 2.93. The minimum atomic E-state index is -0.217.